The Bertz CT molecular complexity index is 452. The number of carbonyl (C=O) groups excluding carboxylic acids is 1. The van der Waals surface area contributed by atoms with Crippen LogP contribution in [0.4, 0.5) is 4.39 Å². The summed E-state index contributed by atoms with van der Waals surface area (Å²) in [6.07, 6.45) is 6.19. The zero-order chi connectivity index (χ0) is 13.8. The second-order valence-electron chi connectivity index (χ2n) is 5.63. The van der Waals surface area contributed by atoms with Gasteiger partial charge in [-0.05, 0) is 37.3 Å². The molecule has 2 rings (SSSR count). The van der Waals surface area contributed by atoms with Gasteiger partial charge in [-0.2, -0.15) is 0 Å². The number of halogens is 1. The fourth-order valence-electron chi connectivity index (χ4n) is 2.86. The van der Waals surface area contributed by atoms with Crippen molar-refractivity contribution in [3.63, 3.8) is 0 Å². The Kier molecular flexibility index (Phi) is 4.56. The summed E-state index contributed by atoms with van der Waals surface area (Å²) in [5.41, 5.74) is 0.718. The first-order chi connectivity index (χ1) is 9.09. The zero-order valence-electron chi connectivity index (χ0n) is 11.8. The lowest BCUT2D eigenvalue weighted by Gasteiger charge is -2.27. The Morgan fingerprint density at radius 2 is 2.00 bits per heavy atom. The molecule has 1 aromatic carbocycles. The van der Waals surface area contributed by atoms with Gasteiger partial charge in [0.2, 0.25) is 0 Å². The number of hydrogen-bond donors (Lipinski definition) is 0. The van der Waals surface area contributed by atoms with Crippen molar-refractivity contribution in [2.24, 2.45) is 5.92 Å². The standard InChI is InChI=1S/C16H22FNO/c1-12-7-6-10-14(15(12)17)16(19)18(2)11-13-8-4-3-5-9-13/h6-7,10,13H,3-5,8-9,11H2,1-2H3. The molecule has 104 valence electrons. The van der Waals surface area contributed by atoms with Crippen molar-refractivity contribution in [3.8, 4) is 0 Å². The maximum atomic E-state index is 13.9. The van der Waals surface area contributed by atoms with Crippen LogP contribution in [-0.2, 0) is 0 Å². The van der Waals surface area contributed by atoms with Crippen molar-refractivity contribution in [2.75, 3.05) is 13.6 Å². The van der Waals surface area contributed by atoms with Gasteiger partial charge in [-0.3, -0.25) is 4.79 Å². The molecule has 0 aromatic heterocycles. The number of aryl methyl sites for hydroxylation is 1. The van der Waals surface area contributed by atoms with Crippen molar-refractivity contribution < 1.29 is 9.18 Å². The molecular weight excluding hydrogens is 241 g/mol. The van der Waals surface area contributed by atoms with Crippen LogP contribution in [0.2, 0.25) is 0 Å². The Labute approximate surface area is 114 Å². The lowest BCUT2D eigenvalue weighted by atomic mass is 9.89. The molecule has 3 heteroatoms. The summed E-state index contributed by atoms with van der Waals surface area (Å²) in [5, 5.41) is 0. The third-order valence-electron chi connectivity index (χ3n) is 4.03. The molecule has 1 amide bonds. The molecule has 0 spiro atoms. The number of benzene rings is 1. The average molecular weight is 263 g/mol. The molecule has 1 aliphatic carbocycles. The monoisotopic (exact) mass is 263 g/mol. The van der Waals surface area contributed by atoms with Gasteiger partial charge in [0, 0.05) is 13.6 Å². The van der Waals surface area contributed by atoms with E-state index in [0.717, 1.165) is 6.54 Å². The van der Waals surface area contributed by atoms with Crippen molar-refractivity contribution in [3.05, 3.63) is 35.1 Å². The number of carbonyl (C=O) groups is 1. The van der Waals surface area contributed by atoms with Crippen LogP contribution in [0.25, 0.3) is 0 Å². The molecule has 1 fully saturated rings. The maximum Gasteiger partial charge on any atom is 0.256 e. The summed E-state index contributed by atoms with van der Waals surface area (Å²) in [7, 11) is 1.78. The minimum absolute atomic E-state index is 0.193. The van der Waals surface area contributed by atoms with Crippen LogP contribution >= 0.6 is 0 Å². The highest BCUT2D eigenvalue weighted by atomic mass is 19.1. The highest BCUT2D eigenvalue weighted by Gasteiger charge is 2.21. The third kappa shape index (κ3) is 3.34. The molecular formula is C16H22FNO. The van der Waals surface area contributed by atoms with Crippen LogP contribution in [0, 0.1) is 18.7 Å². The van der Waals surface area contributed by atoms with E-state index in [0.29, 0.717) is 11.5 Å². The van der Waals surface area contributed by atoms with Gasteiger partial charge in [-0.25, -0.2) is 4.39 Å². The number of rotatable bonds is 3. The van der Waals surface area contributed by atoms with E-state index in [-0.39, 0.29) is 17.3 Å². The van der Waals surface area contributed by atoms with Gasteiger partial charge in [0.05, 0.1) is 5.56 Å². The van der Waals surface area contributed by atoms with Gasteiger partial charge < -0.3 is 4.90 Å². The normalized spacial score (nSPS) is 16.4. The van der Waals surface area contributed by atoms with Gasteiger partial charge in [0.25, 0.3) is 5.91 Å². The van der Waals surface area contributed by atoms with E-state index in [1.165, 1.54) is 32.1 Å². The molecule has 19 heavy (non-hydrogen) atoms. The lowest BCUT2D eigenvalue weighted by Crippen LogP contribution is -2.33. The van der Waals surface area contributed by atoms with E-state index < -0.39 is 0 Å². The van der Waals surface area contributed by atoms with Gasteiger partial charge in [-0.15, -0.1) is 0 Å². The number of nitrogens with zero attached hydrogens (tertiary/aromatic N) is 1. The highest BCUT2D eigenvalue weighted by Crippen LogP contribution is 2.24. The summed E-state index contributed by atoms with van der Waals surface area (Å²) in [4.78, 5) is 14.0. The predicted molar refractivity (Wildman–Crippen MR) is 74.7 cm³/mol. The molecule has 0 radical (unpaired) electrons. The minimum Gasteiger partial charge on any atom is -0.341 e. The number of amides is 1. The van der Waals surface area contributed by atoms with Crippen molar-refractivity contribution in [1.82, 2.24) is 4.90 Å². The second kappa shape index (κ2) is 6.18. The van der Waals surface area contributed by atoms with E-state index >= 15 is 0 Å². The molecule has 1 aliphatic rings. The van der Waals surface area contributed by atoms with E-state index in [1.807, 2.05) is 0 Å². The summed E-state index contributed by atoms with van der Waals surface area (Å²) >= 11 is 0. The smallest absolute Gasteiger partial charge is 0.256 e. The molecule has 1 aromatic rings. The van der Waals surface area contributed by atoms with Gasteiger partial charge in [0.15, 0.2) is 0 Å². The predicted octanol–water partition coefficient (Wildman–Crippen LogP) is 3.79. The Balaban J connectivity index is 2.03. The summed E-state index contributed by atoms with van der Waals surface area (Å²) in [6.45, 7) is 2.43. The molecule has 0 aliphatic heterocycles. The summed E-state index contributed by atoms with van der Waals surface area (Å²) in [5.74, 6) is -0.00895. The zero-order valence-corrected chi connectivity index (χ0v) is 11.8. The fraction of sp³-hybridized carbons (Fsp3) is 0.562. The molecule has 0 N–H and O–H groups in total. The van der Waals surface area contributed by atoms with E-state index in [9.17, 15) is 9.18 Å². The quantitative estimate of drug-likeness (QED) is 0.812. The first-order valence-corrected chi connectivity index (χ1v) is 7.10. The number of hydrogen-bond acceptors (Lipinski definition) is 1. The van der Waals surface area contributed by atoms with Crippen molar-refractivity contribution >= 4 is 5.91 Å². The third-order valence-corrected chi connectivity index (χ3v) is 4.03. The van der Waals surface area contributed by atoms with Gasteiger partial charge in [-0.1, -0.05) is 31.4 Å². The van der Waals surface area contributed by atoms with E-state index in [4.69, 9.17) is 0 Å². The molecule has 0 heterocycles. The lowest BCUT2D eigenvalue weighted by molar-refractivity contribution is 0.0755. The van der Waals surface area contributed by atoms with Crippen molar-refractivity contribution in [1.29, 1.82) is 0 Å². The Morgan fingerprint density at radius 3 is 2.68 bits per heavy atom. The molecule has 0 saturated heterocycles. The fourth-order valence-corrected chi connectivity index (χ4v) is 2.86. The second-order valence-corrected chi connectivity index (χ2v) is 5.63. The van der Waals surface area contributed by atoms with E-state index in [1.54, 1.807) is 37.1 Å². The van der Waals surface area contributed by atoms with Crippen molar-refractivity contribution in [2.45, 2.75) is 39.0 Å². The maximum absolute atomic E-state index is 13.9. The first-order valence-electron chi connectivity index (χ1n) is 7.10. The van der Waals surface area contributed by atoms with Crippen LogP contribution in [-0.4, -0.2) is 24.4 Å². The first kappa shape index (κ1) is 14.0. The minimum atomic E-state index is -0.386. The summed E-state index contributed by atoms with van der Waals surface area (Å²) in [6, 6.07) is 5.00. The van der Waals surface area contributed by atoms with Crippen LogP contribution < -0.4 is 0 Å². The SMILES string of the molecule is Cc1cccc(C(=O)N(C)CC2CCCCC2)c1F. The van der Waals surface area contributed by atoms with Gasteiger partial charge in [0.1, 0.15) is 5.82 Å². The highest BCUT2D eigenvalue weighted by molar-refractivity contribution is 5.94. The topological polar surface area (TPSA) is 20.3 Å². The largest absolute Gasteiger partial charge is 0.341 e. The van der Waals surface area contributed by atoms with Crippen LogP contribution in [0.15, 0.2) is 18.2 Å². The molecule has 2 nitrogen and oxygen atoms in total. The van der Waals surface area contributed by atoms with Gasteiger partial charge >= 0.3 is 0 Å². The molecule has 0 atom stereocenters. The van der Waals surface area contributed by atoms with E-state index in [2.05, 4.69) is 0 Å². The molecule has 1 saturated carbocycles. The van der Waals surface area contributed by atoms with Crippen LogP contribution in [0.3, 0.4) is 0 Å². The van der Waals surface area contributed by atoms with Crippen LogP contribution in [0.5, 0.6) is 0 Å². The summed E-state index contributed by atoms with van der Waals surface area (Å²) < 4.78 is 13.9. The molecule has 0 bridgehead atoms. The Morgan fingerprint density at radius 1 is 1.32 bits per heavy atom. The Hall–Kier alpha value is -1.38. The van der Waals surface area contributed by atoms with Crippen LogP contribution in [0.1, 0.15) is 48.0 Å². The molecule has 0 unspecified atom stereocenters. The average Bonchev–Trinajstić information content (AvgIpc) is 2.42.